The zero-order chi connectivity index (χ0) is 19.2. The smallest absolute Gasteiger partial charge is 0.181 e. The lowest BCUT2D eigenvalue weighted by Crippen LogP contribution is -2.10. The van der Waals surface area contributed by atoms with Gasteiger partial charge in [0.15, 0.2) is 5.78 Å². The Hall–Kier alpha value is -0.930. The van der Waals surface area contributed by atoms with Crippen LogP contribution in [0.1, 0.15) is 111 Å². The first-order valence-corrected chi connectivity index (χ1v) is 12.7. The van der Waals surface area contributed by atoms with Gasteiger partial charge in [0, 0.05) is 4.88 Å². The molecule has 1 atom stereocenters. The van der Waals surface area contributed by atoms with Gasteiger partial charge in [-0.1, -0.05) is 96.1 Å². The quantitative estimate of drug-likeness (QED) is 0.202. The minimum absolute atomic E-state index is 0.0618. The third kappa shape index (κ3) is 8.74. The highest BCUT2D eigenvalue weighted by Crippen LogP contribution is 2.31. The molecule has 0 saturated heterocycles. The van der Waals surface area contributed by atoms with Crippen LogP contribution in [0.2, 0.25) is 0 Å². The van der Waals surface area contributed by atoms with Gasteiger partial charge in [-0.05, 0) is 29.3 Å². The maximum absolute atomic E-state index is 12.9. The molecular formula is C24H36OS2. The van der Waals surface area contributed by atoms with Gasteiger partial charge in [0.2, 0.25) is 0 Å². The van der Waals surface area contributed by atoms with E-state index in [0.29, 0.717) is 5.78 Å². The van der Waals surface area contributed by atoms with Crippen LogP contribution < -0.4 is 0 Å². The number of carbonyl (C=O) groups is 1. The highest BCUT2D eigenvalue weighted by Gasteiger charge is 2.23. The van der Waals surface area contributed by atoms with E-state index in [2.05, 4.69) is 24.4 Å². The molecule has 2 aromatic heterocycles. The zero-order valence-corrected chi connectivity index (χ0v) is 18.6. The molecule has 0 aliphatic carbocycles. The lowest BCUT2D eigenvalue weighted by atomic mass is 9.93. The standard InChI is InChI=1S/C24H36OS2/c1-2-3-4-5-6-7-8-9-10-11-12-13-16-21(22-17-14-19-26-22)24(25)23-18-15-20-27-23/h14-15,17-21H,2-13,16H2,1H3. The highest BCUT2D eigenvalue weighted by atomic mass is 32.1. The minimum Gasteiger partial charge on any atom is -0.293 e. The lowest BCUT2D eigenvalue weighted by Gasteiger charge is -2.13. The van der Waals surface area contributed by atoms with Crippen LogP contribution in [0.3, 0.4) is 0 Å². The van der Waals surface area contributed by atoms with Gasteiger partial charge in [-0.2, -0.15) is 0 Å². The number of thiophene rings is 2. The molecule has 0 aliphatic rings. The molecule has 2 heterocycles. The maximum atomic E-state index is 12.9. The van der Waals surface area contributed by atoms with Crippen molar-refractivity contribution in [3.8, 4) is 0 Å². The molecule has 1 unspecified atom stereocenters. The summed E-state index contributed by atoms with van der Waals surface area (Å²) in [7, 11) is 0. The molecule has 0 radical (unpaired) electrons. The highest BCUT2D eigenvalue weighted by molar-refractivity contribution is 7.12. The summed E-state index contributed by atoms with van der Waals surface area (Å²) < 4.78 is 0. The Bertz CT molecular complexity index is 586. The third-order valence-electron chi connectivity index (χ3n) is 5.31. The molecule has 0 N–H and O–H groups in total. The predicted octanol–water partition coefficient (Wildman–Crippen LogP) is 8.87. The summed E-state index contributed by atoms with van der Waals surface area (Å²) in [5, 5.41) is 4.09. The largest absolute Gasteiger partial charge is 0.293 e. The van der Waals surface area contributed by atoms with E-state index in [0.717, 1.165) is 17.7 Å². The van der Waals surface area contributed by atoms with E-state index in [9.17, 15) is 4.79 Å². The first kappa shape index (κ1) is 22.4. The molecule has 0 fully saturated rings. The van der Waals surface area contributed by atoms with E-state index < -0.39 is 0 Å². The van der Waals surface area contributed by atoms with Crippen LogP contribution in [0.4, 0.5) is 0 Å². The normalized spacial score (nSPS) is 12.3. The Morgan fingerprint density at radius 2 is 1.33 bits per heavy atom. The average Bonchev–Trinajstić information content (AvgIpc) is 3.39. The fourth-order valence-corrected chi connectivity index (χ4v) is 5.25. The van der Waals surface area contributed by atoms with Gasteiger partial charge in [0.05, 0.1) is 10.8 Å². The van der Waals surface area contributed by atoms with Crippen molar-refractivity contribution < 1.29 is 4.79 Å². The predicted molar refractivity (Wildman–Crippen MR) is 121 cm³/mol. The van der Waals surface area contributed by atoms with Gasteiger partial charge in [0.25, 0.3) is 0 Å². The Kier molecular flexibility index (Phi) is 11.7. The molecule has 2 aromatic rings. The van der Waals surface area contributed by atoms with Gasteiger partial charge in [-0.25, -0.2) is 0 Å². The molecule has 0 aliphatic heterocycles. The number of Topliss-reactive ketones (excluding diaryl/α,β-unsaturated/α-hetero) is 1. The van der Waals surface area contributed by atoms with Gasteiger partial charge < -0.3 is 0 Å². The van der Waals surface area contributed by atoms with Crippen LogP contribution in [0.15, 0.2) is 35.0 Å². The van der Waals surface area contributed by atoms with E-state index in [1.807, 2.05) is 17.5 Å². The van der Waals surface area contributed by atoms with Crippen LogP contribution in [0.5, 0.6) is 0 Å². The van der Waals surface area contributed by atoms with Crippen molar-refractivity contribution >= 4 is 28.5 Å². The Labute approximate surface area is 174 Å². The van der Waals surface area contributed by atoms with Crippen molar-refractivity contribution in [2.75, 3.05) is 0 Å². The number of ketones is 1. The van der Waals surface area contributed by atoms with Crippen LogP contribution in [-0.2, 0) is 0 Å². The molecule has 27 heavy (non-hydrogen) atoms. The molecular weight excluding hydrogens is 368 g/mol. The molecule has 0 amide bonds. The van der Waals surface area contributed by atoms with Gasteiger partial charge >= 0.3 is 0 Å². The van der Waals surface area contributed by atoms with Gasteiger partial charge in [-0.3, -0.25) is 4.79 Å². The van der Waals surface area contributed by atoms with Crippen molar-refractivity contribution in [1.82, 2.24) is 0 Å². The van der Waals surface area contributed by atoms with Crippen molar-refractivity contribution in [3.05, 3.63) is 44.8 Å². The van der Waals surface area contributed by atoms with E-state index in [-0.39, 0.29) is 5.92 Å². The molecule has 2 rings (SSSR count). The van der Waals surface area contributed by atoms with Crippen molar-refractivity contribution in [2.45, 2.75) is 96.3 Å². The van der Waals surface area contributed by atoms with Crippen LogP contribution in [-0.4, -0.2) is 5.78 Å². The topological polar surface area (TPSA) is 17.1 Å². The summed E-state index contributed by atoms with van der Waals surface area (Å²) in [5.74, 6) is 0.377. The SMILES string of the molecule is CCCCCCCCCCCCCCC(C(=O)c1cccs1)c1cccs1. The summed E-state index contributed by atoms with van der Waals surface area (Å²) in [6, 6.07) is 8.14. The summed E-state index contributed by atoms with van der Waals surface area (Å²) >= 11 is 3.30. The lowest BCUT2D eigenvalue weighted by molar-refractivity contribution is 0.0959. The number of rotatable bonds is 16. The fraction of sp³-hybridized carbons (Fsp3) is 0.625. The third-order valence-corrected chi connectivity index (χ3v) is 7.18. The van der Waals surface area contributed by atoms with E-state index >= 15 is 0 Å². The number of hydrogen-bond acceptors (Lipinski definition) is 3. The second-order valence-corrected chi connectivity index (χ2v) is 9.51. The molecule has 0 saturated carbocycles. The second-order valence-electron chi connectivity index (χ2n) is 7.59. The van der Waals surface area contributed by atoms with Crippen molar-refractivity contribution in [1.29, 1.82) is 0 Å². The Morgan fingerprint density at radius 3 is 1.85 bits per heavy atom. The molecule has 0 bridgehead atoms. The average molecular weight is 405 g/mol. The fourth-order valence-electron chi connectivity index (χ4n) is 3.67. The molecule has 0 aromatic carbocycles. The molecule has 150 valence electrons. The van der Waals surface area contributed by atoms with E-state index in [1.165, 1.54) is 75.5 Å². The first-order valence-electron chi connectivity index (χ1n) is 10.9. The number of unbranched alkanes of at least 4 members (excludes halogenated alkanes) is 11. The molecule has 3 heteroatoms. The maximum Gasteiger partial charge on any atom is 0.181 e. The zero-order valence-electron chi connectivity index (χ0n) is 17.0. The Balaban J connectivity index is 1.58. The number of hydrogen-bond donors (Lipinski definition) is 0. The monoisotopic (exact) mass is 404 g/mol. The van der Waals surface area contributed by atoms with Crippen LogP contribution in [0.25, 0.3) is 0 Å². The first-order chi connectivity index (χ1) is 13.3. The summed E-state index contributed by atoms with van der Waals surface area (Å²) in [4.78, 5) is 15.0. The Morgan fingerprint density at radius 1 is 0.778 bits per heavy atom. The van der Waals surface area contributed by atoms with Gasteiger partial charge in [0.1, 0.15) is 0 Å². The van der Waals surface area contributed by atoms with Crippen molar-refractivity contribution in [2.24, 2.45) is 0 Å². The second kappa shape index (κ2) is 14.1. The minimum atomic E-state index is 0.0618. The molecule has 1 nitrogen and oxygen atoms in total. The summed E-state index contributed by atoms with van der Waals surface area (Å²) in [5.41, 5.74) is 0. The number of carbonyl (C=O) groups excluding carboxylic acids is 1. The van der Waals surface area contributed by atoms with Crippen molar-refractivity contribution in [3.63, 3.8) is 0 Å². The molecule has 0 spiro atoms. The summed E-state index contributed by atoms with van der Waals surface area (Å²) in [6.45, 7) is 2.28. The summed E-state index contributed by atoms with van der Waals surface area (Å²) in [6.07, 6.45) is 17.3. The van der Waals surface area contributed by atoms with Crippen LogP contribution in [0, 0.1) is 0 Å². The van der Waals surface area contributed by atoms with E-state index in [1.54, 1.807) is 22.7 Å². The van der Waals surface area contributed by atoms with Gasteiger partial charge in [-0.15, -0.1) is 22.7 Å². The van der Waals surface area contributed by atoms with Crippen LogP contribution >= 0.6 is 22.7 Å². The van der Waals surface area contributed by atoms with E-state index in [4.69, 9.17) is 0 Å².